The molecule has 1 N–H and O–H groups in total. The summed E-state index contributed by atoms with van der Waals surface area (Å²) in [6, 6.07) is 9.70. The fourth-order valence-corrected chi connectivity index (χ4v) is 3.65. The van der Waals surface area contributed by atoms with Crippen molar-refractivity contribution in [1.29, 1.82) is 0 Å². The molecule has 2 heterocycles. The first kappa shape index (κ1) is 19.9. The fraction of sp³-hybridized carbons (Fsp3) is 0.368. The SMILES string of the molecule is CC1(C)OC(c2ccc(-c3cc[nH]c(=O)c3)cc2)C(CF)N1C(=O)C(Cl)Cl. The molecule has 0 bridgehead atoms. The summed E-state index contributed by atoms with van der Waals surface area (Å²) in [5, 5.41) is 0. The first-order valence-electron chi connectivity index (χ1n) is 8.39. The largest absolute Gasteiger partial charge is 0.346 e. The Kier molecular flexibility index (Phi) is 5.60. The number of nitrogens with one attached hydrogen (secondary N) is 1. The van der Waals surface area contributed by atoms with E-state index < -0.39 is 35.3 Å². The second-order valence-corrected chi connectivity index (χ2v) is 7.88. The third-order valence-electron chi connectivity index (χ3n) is 4.61. The van der Waals surface area contributed by atoms with E-state index in [1.807, 2.05) is 12.1 Å². The second kappa shape index (κ2) is 7.62. The summed E-state index contributed by atoms with van der Waals surface area (Å²) >= 11 is 11.4. The molecule has 5 nitrogen and oxygen atoms in total. The van der Waals surface area contributed by atoms with Crippen LogP contribution in [0.15, 0.2) is 47.4 Å². The van der Waals surface area contributed by atoms with Crippen LogP contribution in [-0.2, 0) is 9.53 Å². The van der Waals surface area contributed by atoms with Crippen LogP contribution in [0.4, 0.5) is 4.39 Å². The highest BCUT2D eigenvalue weighted by molar-refractivity contribution is 6.53. The molecular weight excluding hydrogens is 394 g/mol. The number of benzene rings is 1. The summed E-state index contributed by atoms with van der Waals surface area (Å²) in [5.74, 6) is -0.589. The van der Waals surface area contributed by atoms with Crippen LogP contribution in [0.2, 0.25) is 0 Å². The van der Waals surface area contributed by atoms with Crippen LogP contribution in [0.25, 0.3) is 11.1 Å². The van der Waals surface area contributed by atoms with Crippen LogP contribution in [0.1, 0.15) is 25.5 Å². The summed E-state index contributed by atoms with van der Waals surface area (Å²) in [4.78, 5) is 26.4. The van der Waals surface area contributed by atoms with E-state index in [1.165, 1.54) is 11.0 Å². The first-order valence-corrected chi connectivity index (χ1v) is 9.26. The number of aromatic amines is 1. The van der Waals surface area contributed by atoms with Gasteiger partial charge in [-0.2, -0.15) is 0 Å². The van der Waals surface area contributed by atoms with Gasteiger partial charge in [0.1, 0.15) is 18.5 Å². The average molecular weight is 413 g/mol. The maximum absolute atomic E-state index is 13.8. The van der Waals surface area contributed by atoms with Crippen LogP contribution >= 0.6 is 23.2 Å². The Balaban J connectivity index is 1.91. The van der Waals surface area contributed by atoms with E-state index in [9.17, 15) is 14.0 Å². The maximum Gasteiger partial charge on any atom is 0.258 e. The van der Waals surface area contributed by atoms with Gasteiger partial charge in [0.15, 0.2) is 4.84 Å². The first-order chi connectivity index (χ1) is 12.7. The Bertz CT molecular complexity index is 883. The molecule has 8 heteroatoms. The second-order valence-electron chi connectivity index (χ2n) is 6.78. The van der Waals surface area contributed by atoms with Crippen molar-refractivity contribution in [1.82, 2.24) is 9.88 Å². The maximum atomic E-state index is 13.8. The molecule has 1 aliphatic rings. The Hall–Kier alpha value is -1.89. The van der Waals surface area contributed by atoms with Crippen LogP contribution in [0.5, 0.6) is 0 Å². The molecule has 0 saturated carbocycles. The Morgan fingerprint density at radius 1 is 1.26 bits per heavy atom. The van der Waals surface area contributed by atoms with E-state index in [0.717, 1.165) is 16.7 Å². The summed E-state index contributed by atoms with van der Waals surface area (Å²) in [5.41, 5.74) is 1.08. The van der Waals surface area contributed by atoms with Gasteiger partial charge >= 0.3 is 0 Å². The monoisotopic (exact) mass is 412 g/mol. The van der Waals surface area contributed by atoms with Crippen LogP contribution in [0.3, 0.4) is 0 Å². The van der Waals surface area contributed by atoms with E-state index in [1.54, 1.807) is 38.2 Å². The fourth-order valence-electron chi connectivity index (χ4n) is 3.44. The molecular formula is C19H19Cl2FN2O3. The average Bonchev–Trinajstić information content (AvgIpc) is 2.91. The highest BCUT2D eigenvalue weighted by Gasteiger charge is 2.51. The number of nitrogens with zero attached hydrogens (tertiary/aromatic N) is 1. The lowest BCUT2D eigenvalue weighted by atomic mass is 9.99. The lowest BCUT2D eigenvalue weighted by Gasteiger charge is -2.33. The number of amides is 1. The standard InChI is InChI=1S/C19H19Cl2FN2O3/c1-19(2)24(18(26)17(20)21)14(10-22)16(27-19)12-5-3-11(4-6-12)13-7-8-23-15(25)9-13/h3-9,14,16-17H,10H2,1-2H3,(H,23,25). The van der Waals surface area contributed by atoms with Crippen LogP contribution in [0, 0.1) is 0 Å². The number of aromatic nitrogens is 1. The zero-order valence-corrected chi connectivity index (χ0v) is 16.3. The van der Waals surface area contributed by atoms with E-state index >= 15 is 0 Å². The minimum absolute atomic E-state index is 0.194. The number of carbonyl (C=O) groups is 1. The van der Waals surface area contributed by atoms with Crippen molar-refractivity contribution in [2.24, 2.45) is 0 Å². The summed E-state index contributed by atoms with van der Waals surface area (Å²) in [6.07, 6.45) is 0.917. The predicted molar refractivity (Wildman–Crippen MR) is 103 cm³/mol. The Labute approximate surface area is 166 Å². The van der Waals surface area contributed by atoms with Gasteiger partial charge in [0.25, 0.3) is 5.91 Å². The molecule has 1 saturated heterocycles. The van der Waals surface area contributed by atoms with E-state index in [0.29, 0.717) is 0 Å². The summed E-state index contributed by atoms with van der Waals surface area (Å²) in [6.45, 7) is 2.55. The van der Waals surface area contributed by atoms with Gasteiger partial charge in [-0.15, -0.1) is 0 Å². The zero-order chi connectivity index (χ0) is 19.8. The van der Waals surface area contributed by atoms with E-state index in [2.05, 4.69) is 4.98 Å². The molecule has 27 heavy (non-hydrogen) atoms. The van der Waals surface area contributed by atoms with Crippen molar-refractivity contribution in [3.05, 3.63) is 58.5 Å². The van der Waals surface area contributed by atoms with Crippen LogP contribution in [-0.4, -0.2) is 39.1 Å². The van der Waals surface area contributed by atoms with Crippen molar-refractivity contribution >= 4 is 29.1 Å². The third-order valence-corrected chi connectivity index (χ3v) is 4.98. The van der Waals surface area contributed by atoms with Gasteiger partial charge in [-0.3, -0.25) is 9.59 Å². The molecule has 0 spiro atoms. The summed E-state index contributed by atoms with van der Waals surface area (Å²) in [7, 11) is 0. The third kappa shape index (κ3) is 3.88. The Morgan fingerprint density at radius 3 is 2.48 bits per heavy atom. The molecule has 2 unspecified atom stereocenters. The number of halogens is 3. The van der Waals surface area contributed by atoms with Gasteiger partial charge in [0.2, 0.25) is 5.56 Å². The molecule has 1 aromatic heterocycles. The van der Waals surface area contributed by atoms with Crippen molar-refractivity contribution in [2.45, 2.75) is 36.6 Å². The van der Waals surface area contributed by atoms with Gasteiger partial charge in [-0.1, -0.05) is 47.5 Å². The number of hydrogen-bond acceptors (Lipinski definition) is 3. The van der Waals surface area contributed by atoms with Crippen molar-refractivity contribution in [3.8, 4) is 11.1 Å². The predicted octanol–water partition coefficient (Wildman–Crippen LogP) is 3.82. The number of carbonyl (C=O) groups excluding carboxylic acids is 1. The molecule has 0 radical (unpaired) electrons. The van der Waals surface area contributed by atoms with Gasteiger partial charge in [0.05, 0.1) is 6.04 Å². The molecule has 0 aliphatic carbocycles. The molecule has 1 aliphatic heterocycles. The summed E-state index contributed by atoms with van der Waals surface area (Å²) < 4.78 is 19.8. The number of hydrogen-bond donors (Lipinski definition) is 1. The lowest BCUT2D eigenvalue weighted by molar-refractivity contribution is -0.145. The molecule has 1 amide bonds. The molecule has 144 valence electrons. The topological polar surface area (TPSA) is 62.4 Å². The van der Waals surface area contributed by atoms with E-state index in [-0.39, 0.29) is 5.56 Å². The van der Waals surface area contributed by atoms with Gasteiger partial charge in [-0.05, 0) is 36.6 Å². The minimum atomic E-state index is -1.29. The zero-order valence-electron chi connectivity index (χ0n) is 14.8. The highest BCUT2D eigenvalue weighted by atomic mass is 35.5. The van der Waals surface area contributed by atoms with Crippen molar-refractivity contribution in [3.63, 3.8) is 0 Å². The normalized spacial score (nSPS) is 21.6. The number of ether oxygens (including phenoxy) is 1. The van der Waals surface area contributed by atoms with E-state index in [4.69, 9.17) is 27.9 Å². The lowest BCUT2D eigenvalue weighted by Crippen LogP contribution is -2.50. The minimum Gasteiger partial charge on any atom is -0.346 e. The number of H-pyrrole nitrogens is 1. The van der Waals surface area contributed by atoms with Crippen LogP contribution < -0.4 is 5.56 Å². The van der Waals surface area contributed by atoms with Crippen molar-refractivity contribution in [2.75, 3.05) is 6.67 Å². The van der Waals surface area contributed by atoms with Crippen molar-refractivity contribution < 1.29 is 13.9 Å². The number of pyridine rings is 1. The molecule has 2 aromatic rings. The quantitative estimate of drug-likeness (QED) is 0.776. The Morgan fingerprint density at radius 2 is 1.93 bits per heavy atom. The molecule has 3 rings (SSSR count). The van der Waals surface area contributed by atoms with Gasteiger partial charge in [-0.25, -0.2) is 4.39 Å². The number of alkyl halides is 3. The van der Waals surface area contributed by atoms with Gasteiger partial charge < -0.3 is 14.6 Å². The smallest absolute Gasteiger partial charge is 0.258 e. The highest BCUT2D eigenvalue weighted by Crippen LogP contribution is 2.42. The molecule has 1 fully saturated rings. The molecule has 2 atom stereocenters. The molecule has 1 aromatic carbocycles. The van der Waals surface area contributed by atoms with Gasteiger partial charge in [0, 0.05) is 12.3 Å². The number of rotatable bonds is 4.